The van der Waals surface area contributed by atoms with Gasteiger partial charge in [-0.05, 0) is 48.5 Å². The van der Waals surface area contributed by atoms with E-state index in [9.17, 15) is 22.4 Å². The van der Waals surface area contributed by atoms with Gasteiger partial charge in [-0.15, -0.1) is 11.3 Å². The van der Waals surface area contributed by atoms with Gasteiger partial charge in [0.05, 0.1) is 17.7 Å². The second-order valence-corrected chi connectivity index (χ2v) is 6.43. The highest BCUT2D eigenvalue weighted by atomic mass is 32.1. The highest BCUT2D eigenvalue weighted by Crippen LogP contribution is 2.30. The number of hydrogen-bond donors (Lipinski definition) is 2. The number of aromatic nitrogens is 1. The van der Waals surface area contributed by atoms with Crippen LogP contribution in [0.5, 0.6) is 0 Å². The molecule has 2 aromatic carbocycles. The van der Waals surface area contributed by atoms with E-state index in [1.807, 2.05) is 0 Å². The minimum Gasteiger partial charge on any atom is -0.332 e. The van der Waals surface area contributed by atoms with Crippen molar-refractivity contribution < 1.29 is 22.4 Å². The van der Waals surface area contributed by atoms with E-state index in [4.69, 9.17) is 0 Å². The number of halogens is 4. The van der Waals surface area contributed by atoms with Crippen LogP contribution < -0.4 is 10.6 Å². The summed E-state index contributed by atoms with van der Waals surface area (Å²) in [4.78, 5) is 16.3. The number of thiazole rings is 1. The number of nitrogens with zero attached hydrogens (tertiary/aromatic N) is 1. The summed E-state index contributed by atoms with van der Waals surface area (Å²) < 4.78 is 50.5. The summed E-state index contributed by atoms with van der Waals surface area (Å²) in [5, 5.41) is 7.76. The third-order valence-electron chi connectivity index (χ3n) is 3.48. The highest BCUT2D eigenvalue weighted by Gasteiger charge is 2.29. The molecule has 3 aromatic rings. The molecular formula is C18H13F4N3OS. The molecule has 2 N–H and O–H groups in total. The lowest BCUT2D eigenvalue weighted by atomic mass is 10.2. The second-order valence-electron chi connectivity index (χ2n) is 5.58. The summed E-state index contributed by atoms with van der Waals surface area (Å²) in [6.07, 6.45) is -4.44. The lowest BCUT2D eigenvalue weighted by Crippen LogP contribution is -2.15. The van der Waals surface area contributed by atoms with Crippen molar-refractivity contribution in [3.8, 4) is 0 Å². The number of rotatable bonds is 5. The van der Waals surface area contributed by atoms with E-state index in [1.54, 1.807) is 17.5 Å². The zero-order valence-electron chi connectivity index (χ0n) is 13.7. The number of nitrogens with one attached hydrogen (secondary N) is 2. The maximum atomic E-state index is 12.9. The second kappa shape index (κ2) is 7.75. The number of alkyl halides is 3. The molecule has 0 spiro atoms. The summed E-state index contributed by atoms with van der Waals surface area (Å²) in [6.45, 7) is 0. The molecule has 1 amide bonds. The summed E-state index contributed by atoms with van der Waals surface area (Å²) in [6, 6.07) is 9.96. The molecule has 1 aromatic heterocycles. The summed E-state index contributed by atoms with van der Waals surface area (Å²) in [7, 11) is 0. The first kappa shape index (κ1) is 18.8. The Morgan fingerprint density at radius 1 is 1.00 bits per heavy atom. The van der Waals surface area contributed by atoms with Gasteiger partial charge in [0.1, 0.15) is 5.82 Å². The quantitative estimate of drug-likeness (QED) is 0.582. The van der Waals surface area contributed by atoms with E-state index in [0.717, 1.165) is 12.1 Å². The molecule has 0 aliphatic carbocycles. The van der Waals surface area contributed by atoms with Crippen LogP contribution in [0.4, 0.5) is 34.1 Å². The van der Waals surface area contributed by atoms with Crippen LogP contribution in [0.1, 0.15) is 11.3 Å². The van der Waals surface area contributed by atoms with Crippen molar-refractivity contribution in [2.24, 2.45) is 0 Å². The van der Waals surface area contributed by atoms with Crippen LogP contribution in [0.3, 0.4) is 0 Å². The van der Waals surface area contributed by atoms with Crippen LogP contribution in [-0.2, 0) is 17.4 Å². The summed E-state index contributed by atoms with van der Waals surface area (Å²) in [5.41, 5.74) is 0.657. The van der Waals surface area contributed by atoms with Crippen LogP contribution in [0.2, 0.25) is 0 Å². The fraction of sp³-hybridized carbons (Fsp3) is 0.111. The molecule has 0 fully saturated rings. The van der Waals surface area contributed by atoms with Gasteiger partial charge in [-0.25, -0.2) is 9.37 Å². The van der Waals surface area contributed by atoms with Crippen LogP contribution in [-0.4, -0.2) is 10.9 Å². The first-order chi connectivity index (χ1) is 12.8. The van der Waals surface area contributed by atoms with Crippen LogP contribution in [0.25, 0.3) is 0 Å². The Morgan fingerprint density at radius 3 is 2.26 bits per heavy atom. The number of hydrogen-bond acceptors (Lipinski definition) is 4. The molecule has 27 heavy (non-hydrogen) atoms. The van der Waals surface area contributed by atoms with Gasteiger partial charge in [-0.1, -0.05) is 0 Å². The van der Waals surface area contributed by atoms with Gasteiger partial charge in [-0.3, -0.25) is 4.79 Å². The van der Waals surface area contributed by atoms with Gasteiger partial charge in [0.2, 0.25) is 5.91 Å². The summed E-state index contributed by atoms with van der Waals surface area (Å²) in [5.74, 6) is -0.742. The Bertz CT molecular complexity index is 921. The molecule has 4 nitrogen and oxygen atoms in total. The largest absolute Gasteiger partial charge is 0.416 e. The number of carbonyl (C=O) groups is 1. The van der Waals surface area contributed by atoms with Crippen molar-refractivity contribution in [1.82, 2.24) is 4.98 Å². The molecule has 9 heteroatoms. The van der Waals surface area contributed by atoms with Gasteiger partial charge in [0.25, 0.3) is 0 Å². The van der Waals surface area contributed by atoms with Gasteiger partial charge in [0, 0.05) is 16.8 Å². The van der Waals surface area contributed by atoms with E-state index >= 15 is 0 Å². The van der Waals surface area contributed by atoms with E-state index in [1.165, 1.54) is 35.6 Å². The molecule has 0 saturated heterocycles. The maximum absolute atomic E-state index is 12.9. The zero-order valence-corrected chi connectivity index (χ0v) is 14.5. The number of amides is 1. The molecule has 3 rings (SSSR count). The van der Waals surface area contributed by atoms with E-state index < -0.39 is 17.6 Å². The number of carbonyl (C=O) groups excluding carboxylic acids is 1. The molecule has 0 unspecified atom stereocenters. The predicted molar refractivity (Wildman–Crippen MR) is 95.6 cm³/mol. The SMILES string of the molecule is O=C(Cc1csc(Nc2ccc(F)cc2)n1)Nc1ccc(C(F)(F)F)cc1. The normalized spacial score (nSPS) is 11.3. The van der Waals surface area contributed by atoms with Crippen LogP contribution in [0, 0.1) is 5.82 Å². The van der Waals surface area contributed by atoms with Crippen LogP contribution in [0.15, 0.2) is 53.9 Å². The topological polar surface area (TPSA) is 54.0 Å². The smallest absolute Gasteiger partial charge is 0.332 e. The summed E-state index contributed by atoms with van der Waals surface area (Å²) >= 11 is 1.28. The zero-order chi connectivity index (χ0) is 19.4. The molecule has 0 aliphatic heterocycles. The predicted octanol–water partition coefficient (Wildman–Crippen LogP) is 5.23. The number of anilines is 3. The number of benzene rings is 2. The minimum absolute atomic E-state index is 0.0252. The molecule has 0 radical (unpaired) electrons. The standard InChI is InChI=1S/C18H13F4N3OS/c19-12-3-7-14(8-4-12)24-17-25-15(10-27-17)9-16(26)23-13-5-1-11(2-6-13)18(20,21)22/h1-8,10H,9H2,(H,23,26)(H,24,25). The molecule has 0 bridgehead atoms. The molecule has 0 saturated carbocycles. The lowest BCUT2D eigenvalue weighted by molar-refractivity contribution is -0.137. The van der Waals surface area contributed by atoms with E-state index in [0.29, 0.717) is 16.5 Å². The van der Waals surface area contributed by atoms with Crippen molar-refractivity contribution in [1.29, 1.82) is 0 Å². The van der Waals surface area contributed by atoms with Crippen molar-refractivity contribution in [3.05, 3.63) is 71.0 Å². The molecule has 1 heterocycles. The van der Waals surface area contributed by atoms with Gasteiger partial charge >= 0.3 is 6.18 Å². The third-order valence-corrected chi connectivity index (χ3v) is 4.29. The maximum Gasteiger partial charge on any atom is 0.416 e. The van der Waals surface area contributed by atoms with Crippen molar-refractivity contribution in [2.45, 2.75) is 12.6 Å². The Labute approximate surface area is 155 Å². The molecule has 140 valence electrons. The van der Waals surface area contributed by atoms with Crippen molar-refractivity contribution in [2.75, 3.05) is 10.6 Å². The van der Waals surface area contributed by atoms with Gasteiger partial charge in [-0.2, -0.15) is 13.2 Å². The first-order valence-electron chi connectivity index (χ1n) is 7.74. The first-order valence-corrected chi connectivity index (χ1v) is 8.62. The Kier molecular flexibility index (Phi) is 5.41. The van der Waals surface area contributed by atoms with E-state index in [-0.39, 0.29) is 17.9 Å². The monoisotopic (exact) mass is 395 g/mol. The lowest BCUT2D eigenvalue weighted by Gasteiger charge is -2.08. The average Bonchev–Trinajstić information content (AvgIpc) is 3.03. The fourth-order valence-corrected chi connectivity index (χ4v) is 2.94. The Morgan fingerprint density at radius 2 is 1.63 bits per heavy atom. The third kappa shape index (κ3) is 5.27. The minimum atomic E-state index is -4.42. The average molecular weight is 395 g/mol. The highest BCUT2D eigenvalue weighted by molar-refractivity contribution is 7.13. The van der Waals surface area contributed by atoms with E-state index in [2.05, 4.69) is 15.6 Å². The molecule has 0 aliphatic rings. The van der Waals surface area contributed by atoms with Crippen molar-refractivity contribution >= 4 is 33.8 Å². The van der Waals surface area contributed by atoms with Gasteiger partial charge < -0.3 is 10.6 Å². The van der Waals surface area contributed by atoms with Gasteiger partial charge in [0.15, 0.2) is 5.13 Å². The fourth-order valence-electron chi connectivity index (χ4n) is 2.21. The Balaban J connectivity index is 1.57. The molecule has 0 atom stereocenters. The van der Waals surface area contributed by atoms with Crippen LogP contribution >= 0.6 is 11.3 Å². The van der Waals surface area contributed by atoms with Crippen molar-refractivity contribution in [3.63, 3.8) is 0 Å². The Hall–Kier alpha value is -2.94. The molecular weight excluding hydrogens is 382 g/mol.